The predicted molar refractivity (Wildman–Crippen MR) is 225 cm³/mol. The van der Waals surface area contributed by atoms with Gasteiger partial charge in [-0.05, 0) is 101 Å². The van der Waals surface area contributed by atoms with Gasteiger partial charge in [-0.1, -0.05) is 70.8 Å². The number of esters is 1. The number of carbonyl (C=O) groups is 2. The van der Waals surface area contributed by atoms with Crippen molar-refractivity contribution in [1.82, 2.24) is 5.32 Å². The molecule has 1 aliphatic carbocycles. The van der Waals surface area contributed by atoms with E-state index in [4.69, 9.17) is 19.7 Å². The number of hydrogen-bond acceptors (Lipinski definition) is 8. The number of aliphatic imine (C=N–C) groups is 3. The Balaban J connectivity index is 1.25. The van der Waals surface area contributed by atoms with Crippen LogP contribution < -0.4 is 5.32 Å². The van der Waals surface area contributed by atoms with Gasteiger partial charge in [-0.3, -0.25) is 9.59 Å². The van der Waals surface area contributed by atoms with E-state index in [9.17, 15) is 19.8 Å². The number of ether oxygens (including phenoxy) is 1. The third-order valence-electron chi connectivity index (χ3n) is 11.7. The highest BCUT2D eigenvalue weighted by atomic mass is 16.5. The summed E-state index contributed by atoms with van der Waals surface area (Å²) in [6, 6.07) is 0. The Bertz CT molecular complexity index is 2070. The molecular formula is C47H58N4O5. The molecule has 3 N–H and O–H groups in total. The number of aliphatic hydroxyl groups excluding tert-OH is 1. The zero-order chi connectivity index (χ0) is 39.9. The van der Waals surface area contributed by atoms with E-state index in [1.807, 2.05) is 32.1 Å². The number of carboxylic acids is 1. The third kappa shape index (κ3) is 8.82. The topological polar surface area (TPSA) is 133 Å². The van der Waals surface area contributed by atoms with E-state index in [-0.39, 0.29) is 30.0 Å². The average molecular weight is 759 g/mol. The van der Waals surface area contributed by atoms with Crippen LogP contribution in [0.5, 0.6) is 0 Å². The van der Waals surface area contributed by atoms with Crippen molar-refractivity contribution in [2.75, 3.05) is 0 Å². The number of nitrogens with zero attached hydrogens (tertiary/aromatic N) is 3. The molecule has 0 unspecified atom stereocenters. The first-order valence-corrected chi connectivity index (χ1v) is 20.7. The SMILES string of the molecule is CCC/C=C/C/C=C/CCCCCCCC(=O)OC1=C(C)C2=NC1=CC1=NC(=CC3=C(C)C4=C(O)CC(=C5NC(=C2)[C@@H](C)[C@@H]5CCC(=O)O)C4=N3)C(CC)=C1C. The molecule has 6 aliphatic rings. The number of aliphatic carboxylic acids is 1. The number of nitrogens with one attached hydrogen (secondary N) is 1. The van der Waals surface area contributed by atoms with E-state index >= 15 is 0 Å². The van der Waals surface area contributed by atoms with Crippen molar-refractivity contribution in [2.24, 2.45) is 26.8 Å². The lowest BCUT2D eigenvalue weighted by atomic mass is 9.86. The number of rotatable bonds is 17. The molecule has 1 saturated heterocycles. The summed E-state index contributed by atoms with van der Waals surface area (Å²) in [4.78, 5) is 40.4. The fourth-order valence-corrected chi connectivity index (χ4v) is 8.39. The van der Waals surface area contributed by atoms with E-state index in [1.165, 1.54) is 6.42 Å². The van der Waals surface area contributed by atoms with Crippen molar-refractivity contribution >= 4 is 29.1 Å². The molecule has 0 aromatic rings. The number of aliphatic hydroxyl groups is 1. The summed E-state index contributed by atoms with van der Waals surface area (Å²) in [5.41, 5.74) is 11.5. The molecule has 9 heteroatoms. The highest BCUT2D eigenvalue weighted by Crippen LogP contribution is 2.46. The molecule has 0 aromatic heterocycles. The van der Waals surface area contributed by atoms with Gasteiger partial charge in [-0.15, -0.1) is 0 Å². The fourth-order valence-electron chi connectivity index (χ4n) is 8.39. The Kier molecular flexibility index (Phi) is 13.2. The molecule has 5 aliphatic heterocycles. The fraction of sp³-hybridized carbons (Fsp3) is 0.468. The minimum atomic E-state index is -0.851. The summed E-state index contributed by atoms with van der Waals surface area (Å²) >= 11 is 0. The lowest BCUT2D eigenvalue weighted by molar-refractivity contribution is -0.139. The maximum absolute atomic E-state index is 13.4. The predicted octanol–water partition coefficient (Wildman–Crippen LogP) is 11.1. The molecule has 0 saturated carbocycles. The van der Waals surface area contributed by atoms with Gasteiger partial charge in [0.1, 0.15) is 11.5 Å². The van der Waals surface area contributed by atoms with Gasteiger partial charge >= 0.3 is 11.9 Å². The summed E-state index contributed by atoms with van der Waals surface area (Å²) in [6.45, 7) is 12.4. The van der Waals surface area contributed by atoms with Crippen LogP contribution >= 0.6 is 0 Å². The van der Waals surface area contributed by atoms with E-state index < -0.39 is 5.97 Å². The van der Waals surface area contributed by atoms with Crippen molar-refractivity contribution in [1.29, 1.82) is 0 Å². The van der Waals surface area contributed by atoms with Gasteiger partial charge in [0.15, 0.2) is 5.76 Å². The second-order valence-electron chi connectivity index (χ2n) is 15.6. The molecule has 0 spiro atoms. The van der Waals surface area contributed by atoms with Gasteiger partial charge in [0.2, 0.25) is 0 Å². The van der Waals surface area contributed by atoms with Crippen LogP contribution in [0.3, 0.4) is 0 Å². The maximum atomic E-state index is 13.4. The Morgan fingerprint density at radius 2 is 1.57 bits per heavy atom. The zero-order valence-corrected chi connectivity index (χ0v) is 34.1. The molecule has 1 fully saturated rings. The van der Waals surface area contributed by atoms with Crippen LogP contribution in [0.4, 0.5) is 0 Å². The number of allylic oxidation sites excluding steroid dienone is 15. The largest absolute Gasteiger partial charge is 0.511 e. The van der Waals surface area contributed by atoms with Crippen molar-refractivity contribution in [3.63, 3.8) is 0 Å². The molecular weight excluding hydrogens is 701 g/mol. The summed E-state index contributed by atoms with van der Waals surface area (Å²) in [6.07, 6.45) is 26.3. The molecule has 5 heterocycles. The molecule has 8 bridgehead atoms. The average Bonchev–Trinajstić information content (AvgIpc) is 3.92. The molecule has 6 rings (SSSR count). The number of fused-ring (bicyclic) bond motifs is 5. The van der Waals surface area contributed by atoms with Crippen molar-refractivity contribution in [2.45, 2.75) is 131 Å². The lowest BCUT2D eigenvalue weighted by Crippen LogP contribution is -2.15. The van der Waals surface area contributed by atoms with Crippen LogP contribution in [0.25, 0.3) is 0 Å². The Morgan fingerprint density at radius 1 is 0.857 bits per heavy atom. The van der Waals surface area contributed by atoms with Gasteiger partial charge in [0.05, 0.1) is 28.5 Å². The van der Waals surface area contributed by atoms with Crippen LogP contribution in [0.2, 0.25) is 0 Å². The van der Waals surface area contributed by atoms with Crippen molar-refractivity contribution in [3.05, 3.63) is 116 Å². The first kappa shape index (κ1) is 40.6. The van der Waals surface area contributed by atoms with Gasteiger partial charge < -0.3 is 20.3 Å². The minimum Gasteiger partial charge on any atom is -0.511 e. The molecule has 0 amide bonds. The summed E-state index contributed by atoms with van der Waals surface area (Å²) in [7, 11) is 0. The van der Waals surface area contributed by atoms with E-state index in [1.54, 1.807) is 0 Å². The van der Waals surface area contributed by atoms with E-state index in [0.717, 1.165) is 125 Å². The highest BCUT2D eigenvalue weighted by molar-refractivity contribution is 6.21. The van der Waals surface area contributed by atoms with Crippen LogP contribution in [0, 0.1) is 11.8 Å². The quantitative estimate of drug-likeness (QED) is 0.0768. The molecule has 0 aromatic carbocycles. The van der Waals surface area contributed by atoms with E-state index in [0.29, 0.717) is 36.4 Å². The number of carboxylic acid groups (broad SMARTS) is 1. The number of carbonyl (C=O) groups excluding carboxylic acids is 1. The first-order chi connectivity index (χ1) is 27.0. The first-order valence-electron chi connectivity index (χ1n) is 20.7. The Morgan fingerprint density at radius 3 is 2.32 bits per heavy atom. The zero-order valence-electron chi connectivity index (χ0n) is 34.1. The monoisotopic (exact) mass is 758 g/mol. The van der Waals surface area contributed by atoms with Crippen molar-refractivity contribution < 1.29 is 24.5 Å². The Hall–Kier alpha value is -5.05. The summed E-state index contributed by atoms with van der Waals surface area (Å²) in [5, 5.41) is 24.6. The van der Waals surface area contributed by atoms with E-state index in [2.05, 4.69) is 57.3 Å². The molecule has 296 valence electrons. The second-order valence-corrected chi connectivity index (χ2v) is 15.6. The standard InChI is InChI=1S/C47H58N4O5/c1-7-9-10-11-12-13-14-15-16-17-18-19-20-21-43(55)56-47-31(6)38-25-36-29(4)33(22-23-42(53)54)45(50-36)34-24-41(52)44-30(5)37(51-46(34)44)26-39-32(8-2)28(3)35(48-39)27-40(47)49-38/h10-11,13-14,25-27,29,33,50,52H,7-9,12,15-24H2,1-6H3,(H,53,54)/b11-10+,14-13+,36-25?,39-26?,40-27?,45-34?/t29-,33-/m0/s1. The molecule has 0 radical (unpaired) electrons. The third-order valence-corrected chi connectivity index (χ3v) is 11.7. The normalized spacial score (nSPS) is 21.8. The van der Waals surface area contributed by atoms with Gasteiger partial charge in [0.25, 0.3) is 0 Å². The van der Waals surface area contributed by atoms with Crippen molar-refractivity contribution in [3.8, 4) is 0 Å². The van der Waals surface area contributed by atoms with Gasteiger partial charge in [-0.25, -0.2) is 15.0 Å². The van der Waals surface area contributed by atoms with Crippen LogP contribution in [0.15, 0.2) is 131 Å². The molecule has 9 nitrogen and oxygen atoms in total. The second kappa shape index (κ2) is 18.3. The van der Waals surface area contributed by atoms with Crippen LogP contribution in [-0.2, 0) is 14.3 Å². The summed E-state index contributed by atoms with van der Waals surface area (Å²) < 4.78 is 6.16. The highest BCUT2D eigenvalue weighted by Gasteiger charge is 2.41. The lowest BCUT2D eigenvalue weighted by Gasteiger charge is -2.17. The number of unbranched alkanes of at least 4 members (excludes halogenated alkanes) is 6. The van der Waals surface area contributed by atoms with Crippen LogP contribution in [-0.4, -0.2) is 39.3 Å². The van der Waals surface area contributed by atoms with Gasteiger partial charge in [0, 0.05) is 59.2 Å². The van der Waals surface area contributed by atoms with Gasteiger partial charge in [-0.2, -0.15) is 0 Å². The number of hydrogen-bond donors (Lipinski definition) is 3. The summed E-state index contributed by atoms with van der Waals surface area (Å²) in [5.74, 6) is -0.606. The minimum absolute atomic E-state index is 0.0151. The molecule has 2 atom stereocenters. The smallest absolute Gasteiger partial charge is 0.311 e. The van der Waals surface area contributed by atoms with Crippen LogP contribution in [0.1, 0.15) is 131 Å². The Labute approximate surface area is 332 Å². The molecule has 56 heavy (non-hydrogen) atoms. The maximum Gasteiger partial charge on any atom is 0.311 e.